The van der Waals surface area contributed by atoms with Crippen LogP contribution in [-0.4, -0.2) is 44.1 Å². The Morgan fingerprint density at radius 1 is 1.48 bits per heavy atom. The van der Waals surface area contributed by atoms with Gasteiger partial charge in [0.05, 0.1) is 25.4 Å². The van der Waals surface area contributed by atoms with Crippen molar-refractivity contribution < 1.29 is 14.6 Å². The molecule has 2 aromatic heterocycles. The Kier molecular flexibility index (Phi) is 4.35. The summed E-state index contributed by atoms with van der Waals surface area (Å²) >= 11 is 0. The van der Waals surface area contributed by atoms with Crippen LogP contribution in [0.3, 0.4) is 0 Å². The highest BCUT2D eigenvalue weighted by atomic mass is 16.5. The van der Waals surface area contributed by atoms with Gasteiger partial charge >= 0.3 is 0 Å². The van der Waals surface area contributed by atoms with E-state index in [9.17, 15) is 9.90 Å². The molecule has 1 aliphatic heterocycles. The lowest BCUT2D eigenvalue weighted by Gasteiger charge is -2.17. The van der Waals surface area contributed by atoms with E-state index in [0.717, 1.165) is 24.9 Å². The molecule has 134 valence electrons. The van der Waals surface area contributed by atoms with Crippen molar-refractivity contribution in [2.75, 3.05) is 6.61 Å². The standard InChI is InChI=1S/C18H24N4O3/c1-21-15-3-6-25-11-13(15)9-16(21)18(24)20-14-7-12(8-17(14)23)10-22-5-2-4-19-22/h2,4-5,9,12,14,17,23H,3,6-8,10-11H2,1H3,(H,20,24)/t12?,14-,17-/m1/s1. The first-order chi connectivity index (χ1) is 12.1. The van der Waals surface area contributed by atoms with Gasteiger partial charge in [-0.05, 0) is 36.5 Å². The molecule has 1 fully saturated rings. The minimum atomic E-state index is -0.511. The maximum atomic E-state index is 12.7. The zero-order valence-electron chi connectivity index (χ0n) is 14.4. The summed E-state index contributed by atoms with van der Waals surface area (Å²) in [5, 5.41) is 17.6. The first-order valence-corrected chi connectivity index (χ1v) is 8.83. The third kappa shape index (κ3) is 3.21. The van der Waals surface area contributed by atoms with Crippen LogP contribution in [0.2, 0.25) is 0 Å². The maximum absolute atomic E-state index is 12.7. The van der Waals surface area contributed by atoms with E-state index in [4.69, 9.17) is 4.74 Å². The molecule has 2 N–H and O–H groups in total. The van der Waals surface area contributed by atoms with Gasteiger partial charge in [-0.3, -0.25) is 9.48 Å². The molecule has 0 radical (unpaired) electrons. The van der Waals surface area contributed by atoms with Crippen molar-refractivity contribution in [3.8, 4) is 0 Å². The van der Waals surface area contributed by atoms with E-state index in [1.165, 1.54) is 5.69 Å². The van der Waals surface area contributed by atoms with Gasteiger partial charge in [-0.25, -0.2) is 0 Å². The van der Waals surface area contributed by atoms with Crippen LogP contribution in [0.25, 0.3) is 0 Å². The van der Waals surface area contributed by atoms with Gasteiger partial charge in [0.15, 0.2) is 0 Å². The molecule has 3 heterocycles. The Labute approximate surface area is 146 Å². The summed E-state index contributed by atoms with van der Waals surface area (Å²) in [5.74, 6) is 0.191. The first-order valence-electron chi connectivity index (χ1n) is 8.83. The SMILES string of the molecule is Cn1c(C(=O)N[C@@H]2CC(Cn3cccn3)C[C@H]2O)cc2c1CCOC2. The van der Waals surface area contributed by atoms with E-state index < -0.39 is 6.10 Å². The van der Waals surface area contributed by atoms with Crippen LogP contribution < -0.4 is 5.32 Å². The summed E-state index contributed by atoms with van der Waals surface area (Å²) in [6.45, 7) is 2.03. The van der Waals surface area contributed by atoms with Crippen LogP contribution in [0, 0.1) is 5.92 Å². The van der Waals surface area contributed by atoms with Gasteiger partial charge in [0.25, 0.3) is 5.91 Å². The minimum Gasteiger partial charge on any atom is -0.391 e. The van der Waals surface area contributed by atoms with Crippen molar-refractivity contribution >= 4 is 5.91 Å². The molecular formula is C18H24N4O3. The number of aromatic nitrogens is 3. The number of nitrogens with one attached hydrogen (secondary N) is 1. The molecule has 1 saturated carbocycles. The Hall–Kier alpha value is -2.12. The molecule has 0 aromatic carbocycles. The van der Waals surface area contributed by atoms with Gasteiger partial charge in [-0.1, -0.05) is 0 Å². The number of hydrogen-bond donors (Lipinski definition) is 2. The Balaban J connectivity index is 1.41. The summed E-state index contributed by atoms with van der Waals surface area (Å²) in [5.41, 5.74) is 2.89. The highest BCUT2D eigenvalue weighted by Gasteiger charge is 2.35. The third-order valence-electron chi connectivity index (χ3n) is 5.37. The van der Waals surface area contributed by atoms with Gasteiger partial charge in [0, 0.05) is 38.1 Å². The number of aliphatic hydroxyl groups is 1. The van der Waals surface area contributed by atoms with E-state index in [1.807, 2.05) is 34.6 Å². The predicted octanol–water partition coefficient (Wildman–Crippen LogP) is 0.864. The average molecular weight is 344 g/mol. The zero-order chi connectivity index (χ0) is 17.4. The number of aliphatic hydroxyl groups excluding tert-OH is 1. The molecular weight excluding hydrogens is 320 g/mol. The summed E-state index contributed by atoms with van der Waals surface area (Å²) in [6.07, 6.45) is 5.45. The quantitative estimate of drug-likeness (QED) is 0.862. The van der Waals surface area contributed by atoms with Crippen LogP contribution >= 0.6 is 0 Å². The number of carbonyl (C=O) groups is 1. The van der Waals surface area contributed by atoms with Crippen LogP contribution in [0.15, 0.2) is 24.5 Å². The van der Waals surface area contributed by atoms with Gasteiger partial charge in [0.2, 0.25) is 0 Å². The molecule has 3 atom stereocenters. The summed E-state index contributed by atoms with van der Waals surface area (Å²) < 4.78 is 9.30. The van der Waals surface area contributed by atoms with Crippen LogP contribution in [0.5, 0.6) is 0 Å². The Bertz CT molecular complexity index is 753. The maximum Gasteiger partial charge on any atom is 0.268 e. The number of fused-ring (bicyclic) bond motifs is 1. The number of rotatable bonds is 4. The smallest absolute Gasteiger partial charge is 0.268 e. The number of nitrogens with zero attached hydrogens (tertiary/aromatic N) is 3. The molecule has 1 amide bonds. The van der Waals surface area contributed by atoms with Gasteiger partial charge in [0.1, 0.15) is 5.69 Å². The minimum absolute atomic E-state index is 0.124. The summed E-state index contributed by atoms with van der Waals surface area (Å²) in [6, 6.07) is 3.59. The molecule has 1 unspecified atom stereocenters. The Morgan fingerprint density at radius 2 is 2.36 bits per heavy atom. The molecule has 1 aliphatic carbocycles. The molecule has 25 heavy (non-hydrogen) atoms. The lowest BCUT2D eigenvalue weighted by Crippen LogP contribution is -2.40. The largest absolute Gasteiger partial charge is 0.391 e. The Morgan fingerprint density at radius 3 is 3.12 bits per heavy atom. The fourth-order valence-corrected chi connectivity index (χ4v) is 4.07. The van der Waals surface area contributed by atoms with Crippen molar-refractivity contribution in [2.45, 2.75) is 44.6 Å². The molecule has 7 nitrogen and oxygen atoms in total. The molecule has 7 heteroatoms. The molecule has 2 aliphatic rings. The van der Waals surface area contributed by atoms with E-state index in [2.05, 4.69) is 10.4 Å². The second-order valence-corrected chi connectivity index (χ2v) is 7.08. The van der Waals surface area contributed by atoms with E-state index in [1.54, 1.807) is 6.20 Å². The van der Waals surface area contributed by atoms with Gasteiger partial charge in [-0.15, -0.1) is 0 Å². The predicted molar refractivity (Wildman–Crippen MR) is 91.0 cm³/mol. The highest BCUT2D eigenvalue weighted by Crippen LogP contribution is 2.28. The fourth-order valence-electron chi connectivity index (χ4n) is 4.07. The molecule has 0 spiro atoms. The molecule has 4 rings (SSSR count). The monoisotopic (exact) mass is 344 g/mol. The van der Waals surface area contributed by atoms with Crippen molar-refractivity contribution in [2.24, 2.45) is 13.0 Å². The van der Waals surface area contributed by atoms with Crippen LogP contribution in [0.4, 0.5) is 0 Å². The topological polar surface area (TPSA) is 81.3 Å². The van der Waals surface area contributed by atoms with Crippen LogP contribution in [-0.2, 0) is 31.4 Å². The van der Waals surface area contributed by atoms with Crippen molar-refractivity contribution in [1.29, 1.82) is 0 Å². The summed E-state index contributed by atoms with van der Waals surface area (Å²) in [7, 11) is 1.92. The second-order valence-electron chi connectivity index (χ2n) is 7.08. The number of ether oxygens (including phenoxy) is 1. The number of amides is 1. The second kappa shape index (κ2) is 6.65. The summed E-state index contributed by atoms with van der Waals surface area (Å²) in [4.78, 5) is 12.7. The molecule has 2 aromatic rings. The number of hydrogen-bond acceptors (Lipinski definition) is 4. The average Bonchev–Trinajstić information content (AvgIpc) is 3.30. The normalized spacial score (nSPS) is 25.8. The van der Waals surface area contributed by atoms with E-state index in [-0.39, 0.29) is 11.9 Å². The lowest BCUT2D eigenvalue weighted by atomic mass is 10.1. The number of carbonyl (C=O) groups excluding carboxylic acids is 1. The lowest BCUT2D eigenvalue weighted by molar-refractivity contribution is 0.0864. The van der Waals surface area contributed by atoms with Crippen LogP contribution in [0.1, 0.15) is 34.6 Å². The van der Waals surface area contributed by atoms with Gasteiger partial charge in [-0.2, -0.15) is 5.10 Å². The van der Waals surface area contributed by atoms with E-state index in [0.29, 0.717) is 31.2 Å². The van der Waals surface area contributed by atoms with Crippen molar-refractivity contribution in [1.82, 2.24) is 19.7 Å². The third-order valence-corrected chi connectivity index (χ3v) is 5.37. The first kappa shape index (κ1) is 16.4. The van der Waals surface area contributed by atoms with E-state index >= 15 is 0 Å². The zero-order valence-corrected chi connectivity index (χ0v) is 14.4. The highest BCUT2D eigenvalue weighted by molar-refractivity contribution is 5.93. The molecule has 0 saturated heterocycles. The fraction of sp³-hybridized carbons (Fsp3) is 0.556. The van der Waals surface area contributed by atoms with Crippen molar-refractivity contribution in [3.63, 3.8) is 0 Å². The van der Waals surface area contributed by atoms with Crippen molar-refractivity contribution in [3.05, 3.63) is 41.5 Å². The molecule has 0 bridgehead atoms. The van der Waals surface area contributed by atoms with Gasteiger partial charge < -0.3 is 19.7 Å².